The van der Waals surface area contributed by atoms with Gasteiger partial charge in [0.2, 0.25) is 5.91 Å². The van der Waals surface area contributed by atoms with Crippen LogP contribution in [-0.4, -0.2) is 21.1 Å². The van der Waals surface area contributed by atoms with Gasteiger partial charge in [0.1, 0.15) is 11.5 Å². The summed E-state index contributed by atoms with van der Waals surface area (Å²) < 4.78 is 10.5. The van der Waals surface area contributed by atoms with Crippen molar-refractivity contribution in [1.29, 1.82) is 0 Å². The first-order valence-corrected chi connectivity index (χ1v) is 9.07. The summed E-state index contributed by atoms with van der Waals surface area (Å²) in [4.78, 5) is 14.9. The second-order valence-corrected chi connectivity index (χ2v) is 7.21. The molecule has 0 atom stereocenters. The number of aromatic nitrogens is 2. The van der Waals surface area contributed by atoms with Gasteiger partial charge < -0.3 is 13.9 Å². The van der Waals surface area contributed by atoms with Crippen LogP contribution in [-0.2, 0) is 17.9 Å². The van der Waals surface area contributed by atoms with Gasteiger partial charge in [-0.15, -0.1) is 0 Å². The summed E-state index contributed by atoms with van der Waals surface area (Å²) in [5.74, 6) is 2.25. The summed E-state index contributed by atoms with van der Waals surface area (Å²) in [5.41, 5.74) is 3.67. The highest BCUT2D eigenvalue weighted by Gasteiger charge is 2.25. The highest BCUT2D eigenvalue weighted by atomic mass is 16.5. The molecule has 0 N–H and O–H groups in total. The Hall–Kier alpha value is -2.11. The quantitative estimate of drug-likeness (QED) is 0.791. The number of rotatable bonds is 6. The summed E-state index contributed by atoms with van der Waals surface area (Å²) in [6, 6.07) is 0. The van der Waals surface area contributed by atoms with Gasteiger partial charge in [0.25, 0.3) is 0 Å². The fraction of sp³-hybridized carbons (Fsp3) is 0.632. The topological polar surface area (TPSA) is 72.4 Å². The molecule has 2 heterocycles. The molecule has 136 valence electrons. The van der Waals surface area contributed by atoms with Crippen LogP contribution in [0.5, 0.6) is 0 Å². The van der Waals surface area contributed by atoms with E-state index in [9.17, 15) is 4.79 Å². The predicted octanol–water partition coefficient (Wildman–Crippen LogP) is 4.01. The molecule has 25 heavy (non-hydrogen) atoms. The monoisotopic (exact) mass is 345 g/mol. The van der Waals surface area contributed by atoms with Crippen LogP contribution in [0.3, 0.4) is 0 Å². The van der Waals surface area contributed by atoms with Crippen molar-refractivity contribution in [3.63, 3.8) is 0 Å². The second kappa shape index (κ2) is 7.42. The van der Waals surface area contributed by atoms with Crippen LogP contribution in [0, 0.1) is 33.6 Å². The third kappa shape index (κ3) is 3.94. The van der Waals surface area contributed by atoms with Gasteiger partial charge in [0, 0.05) is 17.5 Å². The Morgan fingerprint density at radius 3 is 1.84 bits per heavy atom. The van der Waals surface area contributed by atoms with Crippen molar-refractivity contribution in [2.75, 3.05) is 0 Å². The summed E-state index contributed by atoms with van der Waals surface area (Å²) in [6.07, 6.45) is 5.43. The van der Waals surface area contributed by atoms with E-state index < -0.39 is 0 Å². The molecule has 1 saturated carbocycles. The first kappa shape index (κ1) is 17.7. The van der Waals surface area contributed by atoms with Crippen molar-refractivity contribution in [1.82, 2.24) is 15.2 Å². The van der Waals surface area contributed by atoms with E-state index in [4.69, 9.17) is 9.05 Å². The number of carbonyl (C=O) groups is 1. The van der Waals surface area contributed by atoms with E-state index in [1.54, 1.807) is 0 Å². The lowest BCUT2D eigenvalue weighted by Crippen LogP contribution is -2.32. The molecule has 2 aromatic heterocycles. The largest absolute Gasteiger partial charge is 0.361 e. The molecule has 1 aliphatic carbocycles. The Labute approximate surface area is 148 Å². The number of hydrogen-bond acceptors (Lipinski definition) is 5. The zero-order valence-corrected chi connectivity index (χ0v) is 15.6. The molecule has 0 saturated heterocycles. The Morgan fingerprint density at radius 2 is 1.44 bits per heavy atom. The van der Waals surface area contributed by atoms with E-state index in [1.165, 1.54) is 12.8 Å². The lowest BCUT2D eigenvalue weighted by Gasteiger charge is -2.24. The van der Waals surface area contributed by atoms with Crippen LogP contribution < -0.4 is 0 Å². The normalized spacial score (nSPS) is 15.0. The lowest BCUT2D eigenvalue weighted by molar-refractivity contribution is -0.133. The third-order valence-electron chi connectivity index (χ3n) is 5.35. The second-order valence-electron chi connectivity index (χ2n) is 7.21. The van der Waals surface area contributed by atoms with E-state index in [1.807, 2.05) is 32.6 Å². The first-order chi connectivity index (χ1) is 12.0. The third-order valence-corrected chi connectivity index (χ3v) is 5.35. The van der Waals surface area contributed by atoms with Crippen LogP contribution in [0.25, 0.3) is 0 Å². The van der Waals surface area contributed by atoms with Crippen LogP contribution in [0.1, 0.15) is 66.1 Å². The SMILES string of the molecule is Cc1noc(C)c1CN(Cc1c(C)noc1C)C(=O)CC1CCCC1. The minimum atomic E-state index is 0.187. The molecule has 0 aliphatic heterocycles. The molecular weight excluding hydrogens is 318 g/mol. The van der Waals surface area contributed by atoms with Crippen molar-refractivity contribution in [3.8, 4) is 0 Å². The Morgan fingerprint density at radius 1 is 0.960 bits per heavy atom. The Bertz CT molecular complexity index is 654. The molecule has 0 radical (unpaired) electrons. The summed E-state index contributed by atoms with van der Waals surface area (Å²) in [5, 5.41) is 8.04. The Kier molecular flexibility index (Phi) is 5.25. The number of aryl methyl sites for hydroxylation is 4. The molecule has 2 aromatic rings. The van der Waals surface area contributed by atoms with Gasteiger partial charge in [-0.2, -0.15) is 0 Å². The molecule has 6 heteroatoms. The maximum atomic E-state index is 13.0. The summed E-state index contributed by atoms with van der Waals surface area (Å²) in [6.45, 7) is 8.64. The van der Waals surface area contributed by atoms with Gasteiger partial charge >= 0.3 is 0 Å². The Balaban J connectivity index is 1.81. The summed E-state index contributed by atoms with van der Waals surface area (Å²) in [7, 11) is 0. The lowest BCUT2D eigenvalue weighted by atomic mass is 10.0. The molecule has 0 bridgehead atoms. The highest BCUT2D eigenvalue weighted by molar-refractivity contribution is 5.76. The number of carbonyl (C=O) groups excluding carboxylic acids is 1. The van der Waals surface area contributed by atoms with Gasteiger partial charge in [0.05, 0.1) is 24.5 Å². The molecule has 0 spiro atoms. The number of hydrogen-bond donors (Lipinski definition) is 0. The van der Waals surface area contributed by atoms with Crippen LogP contribution >= 0.6 is 0 Å². The van der Waals surface area contributed by atoms with E-state index >= 15 is 0 Å². The van der Waals surface area contributed by atoms with Gasteiger partial charge in [-0.3, -0.25) is 4.79 Å². The van der Waals surface area contributed by atoms with Crippen molar-refractivity contribution >= 4 is 5.91 Å². The molecule has 0 aromatic carbocycles. The maximum absolute atomic E-state index is 13.0. The van der Waals surface area contributed by atoms with Crippen LogP contribution in [0.15, 0.2) is 9.05 Å². The van der Waals surface area contributed by atoms with E-state index in [-0.39, 0.29) is 5.91 Å². The molecule has 1 fully saturated rings. The standard InChI is InChI=1S/C19H27N3O3/c1-12-17(14(3)24-20-12)10-22(11-18-13(2)21-25-15(18)4)19(23)9-16-7-5-6-8-16/h16H,5-11H2,1-4H3. The van der Waals surface area contributed by atoms with E-state index in [0.29, 0.717) is 25.4 Å². The predicted molar refractivity (Wildman–Crippen MR) is 92.8 cm³/mol. The van der Waals surface area contributed by atoms with Crippen LogP contribution in [0.4, 0.5) is 0 Å². The zero-order valence-electron chi connectivity index (χ0n) is 15.6. The molecule has 6 nitrogen and oxygen atoms in total. The fourth-order valence-electron chi connectivity index (χ4n) is 3.66. The first-order valence-electron chi connectivity index (χ1n) is 9.07. The van der Waals surface area contributed by atoms with Crippen LogP contribution in [0.2, 0.25) is 0 Å². The molecule has 1 amide bonds. The van der Waals surface area contributed by atoms with E-state index in [0.717, 1.165) is 46.9 Å². The fourth-order valence-corrected chi connectivity index (χ4v) is 3.66. The van der Waals surface area contributed by atoms with Gasteiger partial charge in [0.15, 0.2) is 0 Å². The highest BCUT2D eigenvalue weighted by Crippen LogP contribution is 2.29. The van der Waals surface area contributed by atoms with Gasteiger partial charge in [-0.1, -0.05) is 23.2 Å². The van der Waals surface area contributed by atoms with Crippen molar-refractivity contribution < 1.29 is 13.8 Å². The van der Waals surface area contributed by atoms with Crippen molar-refractivity contribution in [2.45, 2.75) is 72.9 Å². The number of amides is 1. The average Bonchev–Trinajstić information content (AvgIpc) is 3.27. The minimum absolute atomic E-state index is 0.187. The minimum Gasteiger partial charge on any atom is -0.361 e. The van der Waals surface area contributed by atoms with Crippen molar-refractivity contribution in [2.24, 2.45) is 5.92 Å². The molecular formula is C19H27N3O3. The van der Waals surface area contributed by atoms with Gasteiger partial charge in [-0.25, -0.2) is 0 Å². The molecule has 0 unspecified atom stereocenters. The van der Waals surface area contributed by atoms with Crippen molar-refractivity contribution in [3.05, 3.63) is 34.0 Å². The summed E-state index contributed by atoms with van der Waals surface area (Å²) >= 11 is 0. The molecule has 3 rings (SSSR count). The van der Waals surface area contributed by atoms with E-state index in [2.05, 4.69) is 10.3 Å². The smallest absolute Gasteiger partial charge is 0.223 e. The zero-order chi connectivity index (χ0) is 18.0. The van der Waals surface area contributed by atoms with Gasteiger partial charge in [-0.05, 0) is 46.5 Å². The maximum Gasteiger partial charge on any atom is 0.223 e. The average molecular weight is 345 g/mol. The number of nitrogens with zero attached hydrogens (tertiary/aromatic N) is 3. The molecule has 1 aliphatic rings.